The van der Waals surface area contributed by atoms with Gasteiger partial charge in [-0.05, 0) is 50.9 Å². The highest BCUT2D eigenvalue weighted by molar-refractivity contribution is 5.79. The van der Waals surface area contributed by atoms with E-state index >= 15 is 0 Å². The van der Waals surface area contributed by atoms with Crippen molar-refractivity contribution in [3.63, 3.8) is 0 Å². The van der Waals surface area contributed by atoms with Crippen molar-refractivity contribution >= 4 is 5.91 Å². The van der Waals surface area contributed by atoms with Gasteiger partial charge in [0.1, 0.15) is 0 Å². The molecule has 0 saturated heterocycles. The summed E-state index contributed by atoms with van der Waals surface area (Å²) in [5.74, 6) is 1.66. The molecule has 0 radical (unpaired) electrons. The van der Waals surface area contributed by atoms with Gasteiger partial charge in [-0.25, -0.2) is 0 Å². The molecule has 4 unspecified atom stereocenters. The van der Waals surface area contributed by atoms with Gasteiger partial charge in [-0.3, -0.25) is 4.79 Å². The van der Waals surface area contributed by atoms with Gasteiger partial charge < -0.3 is 11.1 Å². The van der Waals surface area contributed by atoms with Crippen molar-refractivity contribution < 1.29 is 4.79 Å². The third-order valence-electron chi connectivity index (χ3n) is 5.36. The van der Waals surface area contributed by atoms with Crippen molar-refractivity contribution in [2.75, 3.05) is 0 Å². The van der Waals surface area contributed by atoms with Crippen LogP contribution in [0.15, 0.2) is 0 Å². The van der Waals surface area contributed by atoms with Crippen molar-refractivity contribution in [1.82, 2.24) is 5.32 Å². The SMILES string of the molecule is CC1CCC(C(=O)NC(C)C2CCCCC2)CC1N. The van der Waals surface area contributed by atoms with Crippen LogP contribution in [0.2, 0.25) is 0 Å². The molecule has 0 aromatic rings. The zero-order valence-electron chi connectivity index (χ0n) is 12.5. The summed E-state index contributed by atoms with van der Waals surface area (Å²) in [5, 5.41) is 3.26. The molecular formula is C16H30N2O. The molecule has 2 rings (SSSR count). The van der Waals surface area contributed by atoms with Crippen LogP contribution in [0.5, 0.6) is 0 Å². The minimum absolute atomic E-state index is 0.150. The average Bonchev–Trinajstić information content (AvgIpc) is 2.42. The van der Waals surface area contributed by atoms with E-state index in [0.717, 1.165) is 19.3 Å². The van der Waals surface area contributed by atoms with Gasteiger partial charge in [0.05, 0.1) is 0 Å². The number of hydrogen-bond acceptors (Lipinski definition) is 2. The lowest BCUT2D eigenvalue weighted by atomic mass is 9.78. The third kappa shape index (κ3) is 3.95. The highest BCUT2D eigenvalue weighted by Crippen LogP contribution is 2.29. The Hall–Kier alpha value is -0.570. The fourth-order valence-electron chi connectivity index (χ4n) is 3.69. The minimum atomic E-state index is 0.150. The van der Waals surface area contributed by atoms with Crippen LogP contribution in [-0.2, 0) is 4.79 Å². The normalized spacial score (nSPS) is 34.8. The molecule has 4 atom stereocenters. The van der Waals surface area contributed by atoms with E-state index in [2.05, 4.69) is 19.2 Å². The summed E-state index contributed by atoms with van der Waals surface area (Å²) in [4.78, 5) is 12.3. The molecule has 0 aromatic heterocycles. The summed E-state index contributed by atoms with van der Waals surface area (Å²) in [6, 6.07) is 0.540. The van der Waals surface area contributed by atoms with E-state index in [4.69, 9.17) is 5.73 Å². The largest absolute Gasteiger partial charge is 0.353 e. The molecule has 2 fully saturated rings. The number of nitrogens with two attached hydrogens (primary N) is 1. The maximum Gasteiger partial charge on any atom is 0.223 e. The molecule has 2 saturated carbocycles. The monoisotopic (exact) mass is 266 g/mol. The molecule has 1 amide bonds. The Morgan fingerprint density at radius 3 is 2.47 bits per heavy atom. The van der Waals surface area contributed by atoms with Crippen LogP contribution >= 0.6 is 0 Å². The van der Waals surface area contributed by atoms with Gasteiger partial charge >= 0.3 is 0 Å². The summed E-state index contributed by atoms with van der Waals surface area (Å²) in [6.45, 7) is 4.38. The summed E-state index contributed by atoms with van der Waals surface area (Å²) in [7, 11) is 0. The maximum atomic E-state index is 12.3. The number of nitrogens with one attached hydrogen (secondary N) is 1. The summed E-state index contributed by atoms with van der Waals surface area (Å²) in [6.07, 6.45) is 9.56. The Morgan fingerprint density at radius 2 is 1.84 bits per heavy atom. The van der Waals surface area contributed by atoms with E-state index < -0.39 is 0 Å². The minimum Gasteiger partial charge on any atom is -0.353 e. The van der Waals surface area contributed by atoms with Gasteiger partial charge in [-0.15, -0.1) is 0 Å². The molecule has 3 nitrogen and oxygen atoms in total. The first-order chi connectivity index (χ1) is 9.08. The Bertz CT molecular complexity index is 299. The van der Waals surface area contributed by atoms with Crippen LogP contribution in [0, 0.1) is 17.8 Å². The van der Waals surface area contributed by atoms with Crippen LogP contribution in [0.25, 0.3) is 0 Å². The lowest BCUT2D eigenvalue weighted by Gasteiger charge is -2.33. The van der Waals surface area contributed by atoms with Gasteiger partial charge in [0.15, 0.2) is 0 Å². The molecule has 0 bridgehead atoms. The molecule has 0 spiro atoms. The molecule has 19 heavy (non-hydrogen) atoms. The molecule has 3 heteroatoms. The third-order valence-corrected chi connectivity index (χ3v) is 5.36. The number of carbonyl (C=O) groups excluding carboxylic acids is 1. The number of hydrogen-bond donors (Lipinski definition) is 2. The van der Waals surface area contributed by atoms with E-state index in [-0.39, 0.29) is 17.9 Å². The predicted molar refractivity (Wildman–Crippen MR) is 78.7 cm³/mol. The Balaban J connectivity index is 1.79. The van der Waals surface area contributed by atoms with Crippen LogP contribution in [0.4, 0.5) is 0 Å². The summed E-state index contributed by atoms with van der Waals surface area (Å²) in [5.41, 5.74) is 6.10. The Kier molecular flexibility index (Phi) is 5.26. The van der Waals surface area contributed by atoms with E-state index in [1.807, 2.05) is 0 Å². The quantitative estimate of drug-likeness (QED) is 0.825. The lowest BCUT2D eigenvalue weighted by Crippen LogP contribution is -2.45. The average molecular weight is 266 g/mol. The Labute approximate surface area is 117 Å². The van der Waals surface area contributed by atoms with Crippen molar-refractivity contribution in [2.24, 2.45) is 23.5 Å². The van der Waals surface area contributed by atoms with E-state index in [1.165, 1.54) is 32.1 Å². The van der Waals surface area contributed by atoms with Gasteiger partial charge in [0.25, 0.3) is 0 Å². The standard InChI is InChI=1S/C16H30N2O/c1-11-8-9-14(10-15(11)17)16(19)18-12(2)13-6-4-3-5-7-13/h11-15H,3-10,17H2,1-2H3,(H,18,19). The molecule has 2 aliphatic rings. The molecule has 0 heterocycles. The number of carbonyl (C=O) groups is 1. The summed E-state index contributed by atoms with van der Waals surface area (Å²) < 4.78 is 0. The predicted octanol–water partition coefficient (Wildman–Crippen LogP) is 2.83. The number of amides is 1. The molecule has 0 aliphatic heterocycles. The van der Waals surface area contributed by atoms with E-state index in [0.29, 0.717) is 17.9 Å². The molecule has 2 aliphatic carbocycles. The zero-order valence-corrected chi connectivity index (χ0v) is 12.5. The zero-order chi connectivity index (χ0) is 13.8. The smallest absolute Gasteiger partial charge is 0.223 e. The van der Waals surface area contributed by atoms with E-state index in [1.54, 1.807) is 0 Å². The maximum absolute atomic E-state index is 12.3. The van der Waals surface area contributed by atoms with Crippen molar-refractivity contribution in [1.29, 1.82) is 0 Å². The van der Waals surface area contributed by atoms with E-state index in [9.17, 15) is 4.79 Å². The number of rotatable bonds is 3. The second-order valence-corrected chi connectivity index (χ2v) is 6.85. The van der Waals surface area contributed by atoms with Crippen molar-refractivity contribution in [3.8, 4) is 0 Å². The topological polar surface area (TPSA) is 55.1 Å². The molecule has 3 N–H and O–H groups in total. The fourth-order valence-corrected chi connectivity index (χ4v) is 3.69. The van der Waals surface area contributed by atoms with Gasteiger partial charge in [0, 0.05) is 18.0 Å². The van der Waals surface area contributed by atoms with Crippen LogP contribution in [0.3, 0.4) is 0 Å². The van der Waals surface area contributed by atoms with Crippen LogP contribution < -0.4 is 11.1 Å². The molecular weight excluding hydrogens is 236 g/mol. The summed E-state index contributed by atoms with van der Waals surface area (Å²) >= 11 is 0. The fraction of sp³-hybridized carbons (Fsp3) is 0.938. The van der Waals surface area contributed by atoms with Crippen molar-refractivity contribution in [3.05, 3.63) is 0 Å². The van der Waals surface area contributed by atoms with Crippen LogP contribution in [-0.4, -0.2) is 18.0 Å². The first-order valence-electron chi connectivity index (χ1n) is 8.14. The van der Waals surface area contributed by atoms with Gasteiger partial charge in [0.2, 0.25) is 5.91 Å². The van der Waals surface area contributed by atoms with Gasteiger partial charge in [-0.2, -0.15) is 0 Å². The second-order valence-electron chi connectivity index (χ2n) is 6.85. The van der Waals surface area contributed by atoms with Crippen LogP contribution in [0.1, 0.15) is 65.2 Å². The Morgan fingerprint density at radius 1 is 1.16 bits per heavy atom. The van der Waals surface area contributed by atoms with Crippen molar-refractivity contribution in [2.45, 2.75) is 77.3 Å². The lowest BCUT2D eigenvalue weighted by molar-refractivity contribution is -0.127. The van der Waals surface area contributed by atoms with Gasteiger partial charge in [-0.1, -0.05) is 26.2 Å². The highest BCUT2D eigenvalue weighted by Gasteiger charge is 2.31. The first kappa shape index (κ1) is 14.8. The molecule has 0 aromatic carbocycles. The second kappa shape index (κ2) is 6.74. The highest BCUT2D eigenvalue weighted by atomic mass is 16.1. The molecule has 110 valence electrons. The first-order valence-corrected chi connectivity index (χ1v) is 8.14.